The van der Waals surface area contributed by atoms with Gasteiger partial charge in [-0.25, -0.2) is 9.97 Å². The van der Waals surface area contributed by atoms with E-state index in [9.17, 15) is 4.79 Å². The number of Topliss-reactive ketones (excluding diaryl/α,β-unsaturated/α-hetero) is 1. The zero-order chi connectivity index (χ0) is 10.1. The van der Waals surface area contributed by atoms with Crippen LogP contribution in [0.5, 0.6) is 0 Å². The number of hydrogen-bond acceptors (Lipinski definition) is 3. The molecule has 72 valence electrons. The smallest absolute Gasteiger partial charge is 0.170 e. The first kappa shape index (κ1) is 9.33. The molecule has 0 unspecified atom stereocenters. The van der Waals surface area contributed by atoms with Crippen molar-refractivity contribution in [2.24, 2.45) is 0 Å². The summed E-state index contributed by atoms with van der Waals surface area (Å²) in [7, 11) is 0. The van der Waals surface area contributed by atoms with Crippen LogP contribution in [-0.2, 0) is 11.2 Å². The molecule has 2 rings (SSSR count). The Morgan fingerprint density at radius 2 is 2.43 bits per heavy atom. The van der Waals surface area contributed by atoms with Gasteiger partial charge in [-0.1, -0.05) is 0 Å². The Kier molecular flexibility index (Phi) is 2.33. The number of fused-ring (bicyclic) bond motifs is 1. The van der Waals surface area contributed by atoms with Crippen molar-refractivity contribution < 1.29 is 4.79 Å². The topological polar surface area (TPSA) is 47.3 Å². The SMILES string of the molecule is CC(=O)Cc1cn2ccnc(Br)c2n1. The second-order valence-electron chi connectivity index (χ2n) is 3.06. The van der Waals surface area contributed by atoms with E-state index in [2.05, 4.69) is 25.9 Å². The third-order valence-corrected chi connectivity index (χ3v) is 2.37. The zero-order valence-corrected chi connectivity index (χ0v) is 9.15. The standard InChI is InChI=1S/C9H8BrN3O/c1-6(14)4-7-5-13-3-2-11-8(10)9(13)12-7/h2-3,5H,4H2,1H3. The molecule has 14 heavy (non-hydrogen) atoms. The van der Waals surface area contributed by atoms with Crippen LogP contribution in [0.3, 0.4) is 0 Å². The number of carbonyl (C=O) groups excluding carboxylic acids is 1. The lowest BCUT2D eigenvalue weighted by Gasteiger charge is -1.91. The molecule has 2 heterocycles. The van der Waals surface area contributed by atoms with Gasteiger partial charge in [-0.05, 0) is 22.9 Å². The maximum Gasteiger partial charge on any atom is 0.170 e. The number of nitrogens with zero attached hydrogens (tertiary/aromatic N) is 3. The molecule has 0 amide bonds. The molecular weight excluding hydrogens is 246 g/mol. The largest absolute Gasteiger partial charge is 0.303 e. The summed E-state index contributed by atoms with van der Waals surface area (Å²) in [4.78, 5) is 19.2. The number of aromatic nitrogens is 3. The van der Waals surface area contributed by atoms with Gasteiger partial charge in [0.05, 0.1) is 5.69 Å². The maximum atomic E-state index is 10.9. The van der Waals surface area contributed by atoms with Gasteiger partial charge in [-0.3, -0.25) is 4.79 Å². The van der Waals surface area contributed by atoms with Crippen molar-refractivity contribution >= 4 is 27.4 Å². The van der Waals surface area contributed by atoms with E-state index in [4.69, 9.17) is 0 Å². The molecule has 0 bridgehead atoms. The minimum Gasteiger partial charge on any atom is -0.303 e. The van der Waals surface area contributed by atoms with Crippen LogP contribution in [0.2, 0.25) is 0 Å². The number of rotatable bonds is 2. The molecule has 0 saturated carbocycles. The molecule has 0 aliphatic carbocycles. The van der Waals surface area contributed by atoms with Crippen molar-refractivity contribution in [3.63, 3.8) is 0 Å². The van der Waals surface area contributed by atoms with Crippen molar-refractivity contribution in [3.8, 4) is 0 Å². The van der Waals surface area contributed by atoms with Gasteiger partial charge in [0.15, 0.2) is 5.65 Å². The Morgan fingerprint density at radius 3 is 3.07 bits per heavy atom. The van der Waals surface area contributed by atoms with Crippen molar-refractivity contribution in [1.82, 2.24) is 14.4 Å². The van der Waals surface area contributed by atoms with E-state index in [0.29, 0.717) is 11.0 Å². The average Bonchev–Trinajstić information content (AvgIpc) is 2.47. The highest BCUT2D eigenvalue weighted by Gasteiger charge is 2.06. The second-order valence-corrected chi connectivity index (χ2v) is 3.81. The average molecular weight is 254 g/mol. The molecule has 0 saturated heterocycles. The van der Waals surface area contributed by atoms with E-state index >= 15 is 0 Å². The summed E-state index contributed by atoms with van der Waals surface area (Å²) in [5, 5.41) is 0. The quantitative estimate of drug-likeness (QED) is 0.818. The summed E-state index contributed by atoms with van der Waals surface area (Å²) in [6.45, 7) is 1.55. The number of carbonyl (C=O) groups is 1. The third-order valence-electron chi connectivity index (χ3n) is 1.81. The van der Waals surface area contributed by atoms with Crippen LogP contribution < -0.4 is 0 Å². The fraction of sp³-hybridized carbons (Fsp3) is 0.222. The van der Waals surface area contributed by atoms with E-state index in [-0.39, 0.29) is 5.78 Å². The molecule has 0 atom stereocenters. The Hall–Kier alpha value is -1.23. The first-order valence-electron chi connectivity index (χ1n) is 4.14. The van der Waals surface area contributed by atoms with Gasteiger partial charge in [0, 0.05) is 25.0 Å². The van der Waals surface area contributed by atoms with Crippen LogP contribution in [0.1, 0.15) is 12.6 Å². The molecule has 0 fully saturated rings. The van der Waals surface area contributed by atoms with Gasteiger partial charge in [-0.15, -0.1) is 0 Å². The van der Waals surface area contributed by atoms with E-state index in [1.54, 1.807) is 19.3 Å². The number of hydrogen-bond donors (Lipinski definition) is 0. The Balaban J connectivity index is 2.51. The lowest BCUT2D eigenvalue weighted by molar-refractivity contribution is -0.116. The van der Waals surface area contributed by atoms with Gasteiger partial charge in [-0.2, -0.15) is 0 Å². The lowest BCUT2D eigenvalue weighted by atomic mass is 10.2. The zero-order valence-electron chi connectivity index (χ0n) is 7.57. The van der Waals surface area contributed by atoms with E-state index in [1.807, 2.05) is 10.6 Å². The molecule has 2 aromatic rings. The fourth-order valence-corrected chi connectivity index (χ4v) is 1.69. The van der Waals surface area contributed by atoms with Gasteiger partial charge in [0.1, 0.15) is 10.4 Å². The van der Waals surface area contributed by atoms with Crippen molar-refractivity contribution in [3.05, 3.63) is 28.9 Å². The minimum atomic E-state index is 0.109. The predicted molar refractivity (Wildman–Crippen MR) is 55.1 cm³/mol. The van der Waals surface area contributed by atoms with Gasteiger partial charge >= 0.3 is 0 Å². The highest BCUT2D eigenvalue weighted by atomic mass is 79.9. The summed E-state index contributed by atoms with van der Waals surface area (Å²) in [6, 6.07) is 0. The second kappa shape index (κ2) is 3.49. The molecular formula is C9H8BrN3O. The molecule has 0 aliphatic rings. The fourth-order valence-electron chi connectivity index (χ4n) is 1.28. The van der Waals surface area contributed by atoms with Crippen molar-refractivity contribution in [1.29, 1.82) is 0 Å². The highest BCUT2D eigenvalue weighted by Crippen LogP contribution is 2.14. The summed E-state index contributed by atoms with van der Waals surface area (Å²) in [5.74, 6) is 0.109. The van der Waals surface area contributed by atoms with Crippen molar-refractivity contribution in [2.75, 3.05) is 0 Å². The van der Waals surface area contributed by atoms with Gasteiger partial charge < -0.3 is 4.40 Å². The van der Waals surface area contributed by atoms with Crippen LogP contribution in [0, 0.1) is 0 Å². The van der Waals surface area contributed by atoms with Crippen LogP contribution in [0.15, 0.2) is 23.2 Å². The first-order chi connectivity index (χ1) is 6.66. The van der Waals surface area contributed by atoms with E-state index < -0.39 is 0 Å². The van der Waals surface area contributed by atoms with Gasteiger partial charge in [0.2, 0.25) is 0 Å². The van der Waals surface area contributed by atoms with Gasteiger partial charge in [0.25, 0.3) is 0 Å². The molecule has 5 heteroatoms. The molecule has 0 aliphatic heterocycles. The molecule has 0 N–H and O–H groups in total. The van der Waals surface area contributed by atoms with Crippen LogP contribution in [0.25, 0.3) is 5.65 Å². The molecule has 4 nitrogen and oxygen atoms in total. The summed E-state index contributed by atoms with van der Waals surface area (Å²) < 4.78 is 2.53. The lowest BCUT2D eigenvalue weighted by Crippen LogP contribution is -1.95. The summed E-state index contributed by atoms with van der Waals surface area (Å²) >= 11 is 3.30. The van der Waals surface area contributed by atoms with E-state index in [0.717, 1.165) is 11.3 Å². The molecule has 2 aromatic heterocycles. The maximum absolute atomic E-state index is 10.9. The first-order valence-corrected chi connectivity index (χ1v) is 4.93. The Bertz CT molecular complexity index is 492. The molecule has 0 aromatic carbocycles. The van der Waals surface area contributed by atoms with Crippen LogP contribution >= 0.6 is 15.9 Å². The number of halogens is 1. The number of ketones is 1. The van der Waals surface area contributed by atoms with Crippen molar-refractivity contribution in [2.45, 2.75) is 13.3 Å². The normalized spacial score (nSPS) is 10.7. The number of imidazole rings is 1. The monoisotopic (exact) mass is 253 g/mol. The summed E-state index contributed by atoms with van der Waals surface area (Å²) in [5.41, 5.74) is 1.51. The van der Waals surface area contributed by atoms with Crippen LogP contribution in [-0.4, -0.2) is 20.2 Å². The predicted octanol–water partition coefficient (Wildman–Crippen LogP) is 1.62. The molecule has 0 spiro atoms. The summed E-state index contributed by atoms with van der Waals surface area (Å²) in [6.07, 6.45) is 5.68. The Labute approximate surface area is 89.1 Å². The third kappa shape index (κ3) is 1.68. The van der Waals surface area contributed by atoms with E-state index in [1.165, 1.54) is 0 Å². The highest BCUT2D eigenvalue weighted by molar-refractivity contribution is 9.10. The minimum absolute atomic E-state index is 0.109. The Morgan fingerprint density at radius 1 is 1.64 bits per heavy atom. The molecule has 0 radical (unpaired) electrons. The van der Waals surface area contributed by atoms with Crippen LogP contribution in [0.4, 0.5) is 0 Å².